The molecule has 0 amide bonds. The van der Waals surface area contributed by atoms with E-state index in [1.807, 2.05) is 0 Å². The highest BCUT2D eigenvalue weighted by molar-refractivity contribution is 5.66. The minimum Gasteiger partial charge on any atom is -0.463 e. The van der Waals surface area contributed by atoms with E-state index in [0.717, 1.165) is 51.2 Å². The summed E-state index contributed by atoms with van der Waals surface area (Å²) in [5, 5.41) is 0. The molecule has 4 saturated carbocycles. The van der Waals surface area contributed by atoms with E-state index in [-0.39, 0.29) is 23.3 Å². The predicted molar refractivity (Wildman–Crippen MR) is 106 cm³/mol. The first-order valence-electron chi connectivity index (χ1n) is 11.4. The molecule has 4 heteroatoms. The third-order valence-electron chi connectivity index (χ3n) is 9.71. The Kier molecular flexibility index (Phi) is 4.31. The van der Waals surface area contributed by atoms with Gasteiger partial charge in [-0.05, 0) is 74.0 Å². The van der Waals surface area contributed by atoms with E-state index >= 15 is 0 Å². The quantitative estimate of drug-likeness (QED) is 0.475. The van der Waals surface area contributed by atoms with E-state index in [1.54, 1.807) is 0 Å². The number of ether oxygens (including phenoxy) is 3. The van der Waals surface area contributed by atoms with Gasteiger partial charge in [-0.3, -0.25) is 4.79 Å². The SMILES string of the molecule is C=C1CC2C(CCC3(C)C2CCC32OCCO2)C2(C)CCC(OC(C)=O)CC12. The molecule has 0 bridgehead atoms. The fourth-order valence-electron chi connectivity index (χ4n) is 8.44. The molecular formula is C24H36O4. The number of esters is 1. The zero-order valence-electron chi connectivity index (χ0n) is 17.8. The van der Waals surface area contributed by atoms with E-state index in [0.29, 0.717) is 23.2 Å². The average molecular weight is 389 g/mol. The third kappa shape index (κ3) is 2.46. The second kappa shape index (κ2) is 6.31. The van der Waals surface area contributed by atoms with Crippen LogP contribution in [0.2, 0.25) is 0 Å². The van der Waals surface area contributed by atoms with Crippen molar-refractivity contribution in [1.29, 1.82) is 0 Å². The predicted octanol–water partition coefficient (Wildman–Crippen LogP) is 4.87. The molecule has 4 aliphatic carbocycles. The highest BCUT2D eigenvalue weighted by atomic mass is 16.7. The van der Waals surface area contributed by atoms with Gasteiger partial charge in [0.25, 0.3) is 0 Å². The molecule has 156 valence electrons. The average Bonchev–Trinajstić information content (AvgIpc) is 3.23. The number of fused-ring (bicyclic) bond motifs is 6. The smallest absolute Gasteiger partial charge is 0.302 e. The summed E-state index contributed by atoms with van der Waals surface area (Å²) in [4.78, 5) is 11.5. The van der Waals surface area contributed by atoms with Crippen LogP contribution in [-0.2, 0) is 19.0 Å². The van der Waals surface area contributed by atoms with Crippen LogP contribution >= 0.6 is 0 Å². The molecular weight excluding hydrogens is 352 g/mol. The summed E-state index contributed by atoms with van der Waals surface area (Å²) in [6.45, 7) is 12.6. The summed E-state index contributed by atoms with van der Waals surface area (Å²) < 4.78 is 18.1. The Morgan fingerprint density at radius 1 is 1.07 bits per heavy atom. The Morgan fingerprint density at radius 3 is 2.50 bits per heavy atom. The molecule has 1 saturated heterocycles. The molecule has 5 aliphatic rings. The van der Waals surface area contributed by atoms with Gasteiger partial charge in [-0.25, -0.2) is 0 Å². The molecule has 0 aromatic carbocycles. The number of hydrogen-bond donors (Lipinski definition) is 0. The maximum Gasteiger partial charge on any atom is 0.302 e. The lowest BCUT2D eigenvalue weighted by Gasteiger charge is -2.62. The van der Waals surface area contributed by atoms with Crippen molar-refractivity contribution in [2.24, 2.45) is 34.5 Å². The molecule has 7 unspecified atom stereocenters. The summed E-state index contributed by atoms with van der Waals surface area (Å²) in [7, 11) is 0. The summed E-state index contributed by atoms with van der Waals surface area (Å²) in [6, 6.07) is 0. The Bertz CT molecular complexity index is 680. The van der Waals surface area contributed by atoms with Crippen molar-refractivity contribution < 1.29 is 19.0 Å². The van der Waals surface area contributed by atoms with E-state index < -0.39 is 0 Å². The van der Waals surface area contributed by atoms with Gasteiger partial charge in [-0.15, -0.1) is 0 Å². The summed E-state index contributed by atoms with van der Waals surface area (Å²) in [5.74, 6) is 2.14. The lowest BCUT2D eigenvalue weighted by molar-refractivity contribution is -0.245. The lowest BCUT2D eigenvalue weighted by atomic mass is 9.44. The maximum atomic E-state index is 11.5. The molecule has 28 heavy (non-hydrogen) atoms. The van der Waals surface area contributed by atoms with Gasteiger partial charge >= 0.3 is 5.97 Å². The molecule has 5 fully saturated rings. The summed E-state index contributed by atoms with van der Waals surface area (Å²) in [5.41, 5.74) is 1.84. The molecule has 0 radical (unpaired) electrons. The molecule has 5 rings (SSSR count). The minimum absolute atomic E-state index is 0.0766. The van der Waals surface area contributed by atoms with E-state index in [4.69, 9.17) is 14.2 Å². The molecule has 1 aliphatic heterocycles. The Morgan fingerprint density at radius 2 is 1.79 bits per heavy atom. The second-order valence-electron chi connectivity index (χ2n) is 10.7. The maximum absolute atomic E-state index is 11.5. The molecule has 7 atom stereocenters. The molecule has 0 N–H and O–H groups in total. The largest absolute Gasteiger partial charge is 0.463 e. The van der Waals surface area contributed by atoms with Gasteiger partial charge in [0.1, 0.15) is 6.10 Å². The number of rotatable bonds is 1. The fraction of sp³-hybridized carbons (Fsp3) is 0.875. The van der Waals surface area contributed by atoms with Crippen LogP contribution in [0.25, 0.3) is 0 Å². The van der Waals surface area contributed by atoms with E-state index in [9.17, 15) is 4.79 Å². The number of carbonyl (C=O) groups is 1. The minimum atomic E-state index is -0.325. The zero-order valence-corrected chi connectivity index (χ0v) is 17.8. The summed E-state index contributed by atoms with van der Waals surface area (Å²) in [6.07, 6.45) is 9.09. The topological polar surface area (TPSA) is 44.8 Å². The molecule has 0 aromatic rings. The van der Waals surface area contributed by atoms with Gasteiger partial charge in [0.05, 0.1) is 13.2 Å². The van der Waals surface area contributed by atoms with Crippen LogP contribution in [0.15, 0.2) is 12.2 Å². The standard InChI is InChI=1S/C24H36O4/c1-15-13-18-19(22(3)8-5-17(14-21(15)22)28-16(2)25)6-9-23(4)20(18)7-10-24(23)26-11-12-27-24/h17-21H,1,5-14H2,2-4H3. The van der Waals surface area contributed by atoms with Crippen LogP contribution < -0.4 is 0 Å². The Balaban J connectivity index is 1.42. The Hall–Kier alpha value is -0.870. The van der Waals surface area contributed by atoms with Gasteiger partial charge in [-0.1, -0.05) is 26.0 Å². The van der Waals surface area contributed by atoms with E-state index in [1.165, 1.54) is 31.8 Å². The first-order chi connectivity index (χ1) is 13.3. The van der Waals surface area contributed by atoms with Crippen molar-refractivity contribution >= 4 is 5.97 Å². The highest BCUT2D eigenvalue weighted by Gasteiger charge is 2.67. The van der Waals surface area contributed by atoms with Crippen LogP contribution in [0.4, 0.5) is 0 Å². The molecule has 0 aromatic heterocycles. The number of hydrogen-bond acceptors (Lipinski definition) is 4. The normalized spacial score (nSPS) is 49.4. The first-order valence-corrected chi connectivity index (χ1v) is 11.4. The third-order valence-corrected chi connectivity index (χ3v) is 9.71. The van der Waals surface area contributed by atoms with Gasteiger partial charge in [0.2, 0.25) is 0 Å². The zero-order chi connectivity index (χ0) is 19.7. The van der Waals surface area contributed by atoms with Crippen molar-refractivity contribution in [1.82, 2.24) is 0 Å². The Labute approximate surface area is 169 Å². The van der Waals surface area contributed by atoms with Crippen LogP contribution in [-0.4, -0.2) is 31.1 Å². The van der Waals surface area contributed by atoms with E-state index in [2.05, 4.69) is 20.4 Å². The summed E-state index contributed by atoms with van der Waals surface area (Å²) >= 11 is 0. The van der Waals surface area contributed by atoms with Crippen LogP contribution in [0.3, 0.4) is 0 Å². The first kappa shape index (κ1) is 19.1. The molecule has 1 spiro atoms. The van der Waals surface area contributed by atoms with Crippen LogP contribution in [0.1, 0.15) is 72.1 Å². The van der Waals surface area contributed by atoms with Gasteiger partial charge < -0.3 is 14.2 Å². The van der Waals surface area contributed by atoms with Gasteiger partial charge in [-0.2, -0.15) is 0 Å². The van der Waals surface area contributed by atoms with Crippen molar-refractivity contribution in [2.75, 3.05) is 13.2 Å². The lowest BCUT2D eigenvalue weighted by Crippen LogP contribution is -2.57. The molecule has 4 nitrogen and oxygen atoms in total. The van der Waals surface area contributed by atoms with Gasteiger partial charge in [0.15, 0.2) is 5.79 Å². The van der Waals surface area contributed by atoms with Crippen molar-refractivity contribution in [3.63, 3.8) is 0 Å². The van der Waals surface area contributed by atoms with Crippen LogP contribution in [0, 0.1) is 34.5 Å². The number of carbonyl (C=O) groups excluding carboxylic acids is 1. The van der Waals surface area contributed by atoms with Crippen molar-refractivity contribution in [3.8, 4) is 0 Å². The monoisotopic (exact) mass is 388 g/mol. The van der Waals surface area contributed by atoms with Crippen LogP contribution in [0.5, 0.6) is 0 Å². The van der Waals surface area contributed by atoms with Crippen molar-refractivity contribution in [2.45, 2.75) is 84.0 Å². The number of allylic oxidation sites excluding steroid dienone is 1. The van der Waals surface area contributed by atoms with Crippen molar-refractivity contribution in [3.05, 3.63) is 12.2 Å². The molecule has 1 heterocycles. The highest BCUT2D eigenvalue weighted by Crippen LogP contribution is 2.70. The van der Waals surface area contributed by atoms with Gasteiger partial charge in [0, 0.05) is 18.8 Å². The fourth-order valence-corrected chi connectivity index (χ4v) is 8.44. The second-order valence-corrected chi connectivity index (χ2v) is 10.7.